The molecular weight excluding hydrogens is 468 g/mol. The van der Waals surface area contributed by atoms with E-state index in [9.17, 15) is 0 Å². The number of aryl methyl sites for hydroxylation is 1. The average molecular weight is 505 g/mol. The van der Waals surface area contributed by atoms with E-state index in [4.69, 9.17) is 10.1 Å². The molecular formula is C27H36N8S. The molecule has 0 atom stereocenters. The monoisotopic (exact) mass is 504 g/mol. The molecule has 0 aromatic carbocycles. The molecule has 1 fully saturated rings. The number of rotatable bonds is 5. The van der Waals surface area contributed by atoms with Crippen LogP contribution in [0.25, 0.3) is 27.6 Å². The molecule has 190 valence electrons. The van der Waals surface area contributed by atoms with E-state index < -0.39 is 0 Å². The Balaban J connectivity index is 1.28. The Labute approximate surface area is 216 Å². The van der Waals surface area contributed by atoms with Gasteiger partial charge >= 0.3 is 0 Å². The van der Waals surface area contributed by atoms with Crippen molar-refractivity contribution in [1.82, 2.24) is 39.6 Å². The second-order valence-electron chi connectivity index (χ2n) is 10.9. The Kier molecular flexibility index (Phi) is 6.17. The summed E-state index contributed by atoms with van der Waals surface area (Å²) in [6.45, 7) is 15.7. The van der Waals surface area contributed by atoms with Crippen molar-refractivity contribution in [3.8, 4) is 22.0 Å². The molecule has 1 N–H and O–H groups in total. The minimum atomic E-state index is 0.309. The van der Waals surface area contributed by atoms with Crippen LogP contribution in [0.5, 0.6) is 0 Å². The summed E-state index contributed by atoms with van der Waals surface area (Å²) in [6, 6.07) is 3.50. The molecule has 1 saturated heterocycles. The highest BCUT2D eigenvalue weighted by atomic mass is 32.1. The molecule has 6 rings (SSSR count). The maximum atomic E-state index is 5.13. The van der Waals surface area contributed by atoms with Gasteiger partial charge in [0.05, 0.1) is 17.1 Å². The molecule has 6 heterocycles. The van der Waals surface area contributed by atoms with Gasteiger partial charge in [0.15, 0.2) is 5.65 Å². The highest BCUT2D eigenvalue weighted by Crippen LogP contribution is 2.39. The van der Waals surface area contributed by atoms with E-state index in [2.05, 4.69) is 65.7 Å². The summed E-state index contributed by atoms with van der Waals surface area (Å²) in [4.78, 5) is 16.2. The SMILES string of the molecule is Cc1cc(-c2n[nH]c(-c3nc4c(s3)CN(C3CCN(C(C)C)CC3)CC4)c2C(C)C)cn2ncnc12. The number of aromatic nitrogens is 6. The molecule has 0 saturated carbocycles. The highest BCUT2D eigenvalue weighted by Gasteiger charge is 2.31. The summed E-state index contributed by atoms with van der Waals surface area (Å²) in [5.41, 5.74) is 7.56. The van der Waals surface area contributed by atoms with Crippen molar-refractivity contribution in [1.29, 1.82) is 0 Å². The van der Waals surface area contributed by atoms with Crippen LogP contribution in [-0.4, -0.2) is 71.3 Å². The van der Waals surface area contributed by atoms with Crippen LogP contribution < -0.4 is 0 Å². The molecule has 4 aromatic rings. The van der Waals surface area contributed by atoms with Gasteiger partial charge in [-0.25, -0.2) is 14.5 Å². The van der Waals surface area contributed by atoms with Crippen LogP contribution in [0, 0.1) is 6.92 Å². The van der Waals surface area contributed by atoms with Crippen LogP contribution in [-0.2, 0) is 13.0 Å². The predicted molar refractivity (Wildman–Crippen MR) is 144 cm³/mol. The fraction of sp³-hybridized carbons (Fsp3) is 0.556. The molecule has 2 aliphatic rings. The van der Waals surface area contributed by atoms with Gasteiger partial charge in [0.1, 0.15) is 11.3 Å². The predicted octanol–water partition coefficient (Wildman–Crippen LogP) is 4.91. The lowest BCUT2D eigenvalue weighted by molar-refractivity contribution is 0.0844. The van der Waals surface area contributed by atoms with Crippen molar-refractivity contribution in [3.63, 3.8) is 0 Å². The molecule has 2 aliphatic heterocycles. The number of H-pyrrole nitrogens is 1. The molecule has 8 nitrogen and oxygen atoms in total. The summed E-state index contributed by atoms with van der Waals surface area (Å²) in [6.07, 6.45) is 7.21. The molecule has 36 heavy (non-hydrogen) atoms. The quantitative estimate of drug-likeness (QED) is 0.416. The number of nitrogens with zero attached hydrogens (tertiary/aromatic N) is 7. The number of aromatic amines is 1. The van der Waals surface area contributed by atoms with Crippen LogP contribution in [0.15, 0.2) is 18.6 Å². The van der Waals surface area contributed by atoms with Crippen molar-refractivity contribution >= 4 is 17.0 Å². The van der Waals surface area contributed by atoms with Crippen LogP contribution in [0.4, 0.5) is 0 Å². The topological polar surface area (TPSA) is 78.2 Å². The van der Waals surface area contributed by atoms with Crippen LogP contribution in [0.3, 0.4) is 0 Å². The van der Waals surface area contributed by atoms with Gasteiger partial charge < -0.3 is 4.90 Å². The Hall–Kier alpha value is -2.62. The Bertz CT molecular complexity index is 1370. The third-order valence-corrected chi connectivity index (χ3v) is 9.03. The first-order chi connectivity index (χ1) is 17.4. The number of piperidine rings is 1. The molecule has 0 radical (unpaired) electrons. The lowest BCUT2D eigenvalue weighted by Gasteiger charge is -2.41. The average Bonchev–Trinajstić information content (AvgIpc) is 3.60. The Morgan fingerprint density at radius 2 is 1.92 bits per heavy atom. The number of likely N-dealkylation sites (tertiary alicyclic amines) is 1. The van der Waals surface area contributed by atoms with E-state index in [1.54, 1.807) is 6.33 Å². The van der Waals surface area contributed by atoms with Crippen molar-refractivity contribution in [3.05, 3.63) is 40.3 Å². The first-order valence-corrected chi connectivity index (χ1v) is 14.1. The third-order valence-electron chi connectivity index (χ3n) is 7.93. The maximum Gasteiger partial charge on any atom is 0.158 e. The zero-order valence-corrected chi connectivity index (χ0v) is 22.8. The standard InChI is InChI=1S/C27H36N8S/c1-16(2)23-24(19-12-18(5)26-28-15-29-35(26)13-19)31-32-25(23)27-30-21-8-11-34(14-22(21)36-27)20-6-9-33(10-7-20)17(3)4/h12-13,15-17,20H,6-11,14H2,1-5H3,(H,31,32). The van der Waals surface area contributed by atoms with Gasteiger partial charge in [-0.15, -0.1) is 11.3 Å². The zero-order chi connectivity index (χ0) is 25.0. The van der Waals surface area contributed by atoms with Gasteiger partial charge in [0.25, 0.3) is 0 Å². The molecule has 0 unspecified atom stereocenters. The third kappa shape index (κ3) is 4.17. The van der Waals surface area contributed by atoms with E-state index >= 15 is 0 Å². The van der Waals surface area contributed by atoms with Gasteiger partial charge in [0.2, 0.25) is 0 Å². The largest absolute Gasteiger partial charge is 0.301 e. The number of hydrogen-bond donors (Lipinski definition) is 1. The van der Waals surface area contributed by atoms with Crippen molar-refractivity contribution in [2.24, 2.45) is 0 Å². The van der Waals surface area contributed by atoms with Crippen molar-refractivity contribution in [2.75, 3.05) is 19.6 Å². The van der Waals surface area contributed by atoms with E-state index in [1.165, 1.54) is 42.1 Å². The summed E-state index contributed by atoms with van der Waals surface area (Å²) < 4.78 is 1.84. The summed E-state index contributed by atoms with van der Waals surface area (Å²) in [5.74, 6) is 0.309. The Morgan fingerprint density at radius 3 is 2.67 bits per heavy atom. The molecule has 0 amide bonds. The molecule has 0 spiro atoms. The van der Waals surface area contributed by atoms with Crippen molar-refractivity contribution in [2.45, 2.75) is 78.4 Å². The second kappa shape index (κ2) is 9.36. The number of nitrogens with one attached hydrogen (secondary N) is 1. The van der Waals surface area contributed by atoms with Gasteiger partial charge in [0, 0.05) is 53.8 Å². The summed E-state index contributed by atoms with van der Waals surface area (Å²) in [7, 11) is 0. The fourth-order valence-electron chi connectivity index (χ4n) is 5.92. The number of hydrogen-bond acceptors (Lipinski definition) is 7. The van der Waals surface area contributed by atoms with Gasteiger partial charge in [-0.2, -0.15) is 10.2 Å². The van der Waals surface area contributed by atoms with E-state index in [-0.39, 0.29) is 0 Å². The molecule has 0 bridgehead atoms. The summed E-state index contributed by atoms with van der Waals surface area (Å²) in [5, 5.41) is 13.6. The lowest BCUT2D eigenvalue weighted by Crippen LogP contribution is -2.48. The lowest BCUT2D eigenvalue weighted by atomic mass is 9.97. The van der Waals surface area contributed by atoms with Crippen molar-refractivity contribution < 1.29 is 0 Å². The zero-order valence-electron chi connectivity index (χ0n) is 22.0. The van der Waals surface area contributed by atoms with Gasteiger partial charge in [-0.3, -0.25) is 10.00 Å². The van der Waals surface area contributed by atoms with E-state index in [1.807, 2.05) is 22.0 Å². The van der Waals surface area contributed by atoms with Gasteiger partial charge in [-0.1, -0.05) is 13.8 Å². The first-order valence-electron chi connectivity index (χ1n) is 13.2. The van der Waals surface area contributed by atoms with E-state index in [0.717, 1.165) is 52.7 Å². The number of pyridine rings is 1. The Morgan fingerprint density at radius 1 is 1.11 bits per heavy atom. The molecule has 4 aromatic heterocycles. The molecule has 9 heteroatoms. The van der Waals surface area contributed by atoms with E-state index in [0.29, 0.717) is 18.0 Å². The fourth-order valence-corrected chi connectivity index (χ4v) is 7.06. The highest BCUT2D eigenvalue weighted by molar-refractivity contribution is 7.15. The van der Waals surface area contributed by atoms with Gasteiger partial charge in [-0.05, 0) is 64.3 Å². The smallest absolute Gasteiger partial charge is 0.158 e. The summed E-state index contributed by atoms with van der Waals surface area (Å²) >= 11 is 1.85. The minimum absolute atomic E-state index is 0.309. The van der Waals surface area contributed by atoms with Crippen LogP contribution >= 0.6 is 11.3 Å². The normalized spacial score (nSPS) is 18.1. The number of thiazole rings is 1. The van der Waals surface area contributed by atoms with Crippen LogP contribution in [0.1, 0.15) is 68.2 Å². The first kappa shape index (κ1) is 23.8. The van der Waals surface area contributed by atoms with Crippen LogP contribution in [0.2, 0.25) is 0 Å². The minimum Gasteiger partial charge on any atom is -0.301 e. The number of fused-ring (bicyclic) bond motifs is 2. The molecule has 0 aliphatic carbocycles. The second-order valence-corrected chi connectivity index (χ2v) is 12.0. The maximum absolute atomic E-state index is 5.13.